The Kier molecular flexibility index (Phi) is 8.78. The number of hydrogen-bond acceptors (Lipinski definition) is 7. The Hall–Kier alpha value is -3.91. The van der Waals surface area contributed by atoms with E-state index in [-0.39, 0.29) is 43.5 Å². The smallest absolute Gasteiger partial charge is 0.431 e. The van der Waals surface area contributed by atoms with Gasteiger partial charge in [-0.2, -0.15) is 13.2 Å². The van der Waals surface area contributed by atoms with E-state index in [1.165, 1.54) is 25.3 Å². The lowest BCUT2D eigenvalue weighted by Gasteiger charge is -2.19. The summed E-state index contributed by atoms with van der Waals surface area (Å²) in [6.45, 7) is 3.35. The summed E-state index contributed by atoms with van der Waals surface area (Å²) >= 11 is 3.11. The summed E-state index contributed by atoms with van der Waals surface area (Å²) in [7, 11) is 2.00. The number of alkyl halides is 3. The number of hydrogen-bond donors (Lipinski definition) is 0. The van der Waals surface area contributed by atoms with Crippen molar-refractivity contribution in [3.63, 3.8) is 0 Å². The molecule has 0 radical (unpaired) electrons. The minimum atomic E-state index is -4.99. The van der Waals surface area contributed by atoms with E-state index in [0.29, 0.717) is 0 Å². The molecule has 0 spiro atoms. The fourth-order valence-electron chi connectivity index (χ4n) is 3.15. The first kappa shape index (κ1) is 28.7. The Morgan fingerprint density at radius 3 is 2.39 bits per heavy atom. The highest BCUT2D eigenvalue weighted by Gasteiger charge is 2.35. The molecule has 1 unspecified atom stereocenters. The first-order valence-electron chi connectivity index (χ1n) is 10.5. The Morgan fingerprint density at radius 1 is 1.13 bits per heavy atom. The van der Waals surface area contributed by atoms with Gasteiger partial charge < -0.3 is 18.9 Å². The van der Waals surface area contributed by atoms with E-state index in [1.807, 2.05) is 0 Å². The van der Waals surface area contributed by atoms with E-state index in [4.69, 9.17) is 18.9 Å². The van der Waals surface area contributed by atoms with Crippen molar-refractivity contribution in [1.82, 2.24) is 9.13 Å². The van der Waals surface area contributed by atoms with Gasteiger partial charge in [0.2, 0.25) is 0 Å². The van der Waals surface area contributed by atoms with Crippen LogP contribution in [0.2, 0.25) is 0 Å². The second-order valence-electron chi connectivity index (χ2n) is 7.43. The van der Waals surface area contributed by atoms with Crippen molar-refractivity contribution < 1.29 is 41.3 Å². The van der Waals surface area contributed by atoms with E-state index in [9.17, 15) is 31.9 Å². The highest BCUT2D eigenvalue weighted by molar-refractivity contribution is 9.10. The zero-order valence-corrected chi connectivity index (χ0v) is 21.3. The molecule has 9 nitrogen and oxygen atoms in total. The molecule has 0 aliphatic heterocycles. The SMILES string of the molecule is C=CCOC(=O)C(OC)Oc1ccccc1Oc1cc(-n2c(=O)cc(C(F)(F)F)n(C)c2=O)c(F)cc1Br. The molecule has 202 valence electrons. The molecule has 3 aromatic rings. The summed E-state index contributed by atoms with van der Waals surface area (Å²) in [6, 6.07) is 7.95. The van der Waals surface area contributed by atoms with Crippen LogP contribution in [0.5, 0.6) is 17.2 Å². The van der Waals surface area contributed by atoms with Gasteiger partial charge in [0.15, 0.2) is 11.5 Å². The van der Waals surface area contributed by atoms with Crippen molar-refractivity contribution in [3.05, 3.63) is 91.9 Å². The van der Waals surface area contributed by atoms with Gasteiger partial charge in [-0.3, -0.25) is 9.36 Å². The third kappa shape index (κ3) is 6.14. The molecule has 0 fully saturated rings. The average molecular weight is 603 g/mol. The minimum Gasteiger partial charge on any atom is -0.457 e. The van der Waals surface area contributed by atoms with E-state index < -0.39 is 46.9 Å². The van der Waals surface area contributed by atoms with Gasteiger partial charge in [0.1, 0.15) is 23.9 Å². The van der Waals surface area contributed by atoms with Gasteiger partial charge in [-0.25, -0.2) is 18.5 Å². The molecule has 1 heterocycles. The van der Waals surface area contributed by atoms with Gasteiger partial charge >= 0.3 is 17.8 Å². The quantitative estimate of drug-likeness (QED) is 0.156. The molecule has 0 bridgehead atoms. The zero-order valence-electron chi connectivity index (χ0n) is 19.8. The van der Waals surface area contributed by atoms with Crippen LogP contribution in [0.25, 0.3) is 5.69 Å². The summed E-state index contributed by atoms with van der Waals surface area (Å²) in [5, 5.41) is 0. The number of nitrogens with zero attached hydrogens (tertiary/aromatic N) is 2. The molecule has 0 saturated carbocycles. The Morgan fingerprint density at radius 2 is 1.79 bits per heavy atom. The predicted molar refractivity (Wildman–Crippen MR) is 129 cm³/mol. The van der Waals surface area contributed by atoms with Crippen LogP contribution < -0.4 is 20.7 Å². The maximum atomic E-state index is 14.9. The molecule has 14 heteroatoms. The predicted octanol–water partition coefficient (Wildman–Crippen LogP) is 4.33. The number of esters is 1. The fraction of sp³-hybridized carbons (Fsp3) is 0.208. The number of halogens is 5. The molecule has 0 aliphatic rings. The summed E-state index contributed by atoms with van der Waals surface area (Å²) in [4.78, 5) is 37.2. The highest BCUT2D eigenvalue weighted by atomic mass is 79.9. The lowest BCUT2D eigenvalue weighted by Crippen LogP contribution is -2.41. The summed E-state index contributed by atoms with van der Waals surface area (Å²) in [5.41, 5.74) is -4.99. The van der Waals surface area contributed by atoms with E-state index in [1.54, 1.807) is 12.1 Å². The molecule has 0 amide bonds. The van der Waals surface area contributed by atoms with Crippen molar-refractivity contribution in [1.29, 1.82) is 0 Å². The molecular weight excluding hydrogens is 584 g/mol. The first-order chi connectivity index (χ1) is 17.9. The first-order valence-corrected chi connectivity index (χ1v) is 11.3. The Balaban J connectivity index is 2.04. The maximum Gasteiger partial charge on any atom is 0.431 e. The van der Waals surface area contributed by atoms with Crippen LogP contribution in [0.4, 0.5) is 17.6 Å². The molecule has 1 aromatic heterocycles. The Bertz CT molecular complexity index is 1480. The van der Waals surface area contributed by atoms with Crippen molar-refractivity contribution >= 4 is 21.9 Å². The maximum absolute atomic E-state index is 14.9. The standard InChI is InChI=1S/C24H19BrF4N2O7/c1-4-9-36-21(33)22(35-3)38-17-8-6-5-7-16(17)37-18-11-15(14(26)10-13(18)25)31-20(32)12-19(24(27,28)29)30(2)23(31)34/h4-8,10-12,22H,1,9H2,2-3H3. The molecule has 3 rings (SSSR count). The normalized spacial score (nSPS) is 12.1. The summed E-state index contributed by atoms with van der Waals surface area (Å²) < 4.78 is 76.1. The van der Waals surface area contributed by atoms with E-state index in [2.05, 4.69) is 22.5 Å². The van der Waals surface area contributed by atoms with Crippen molar-refractivity contribution in [2.75, 3.05) is 13.7 Å². The number of methoxy groups -OCH3 is 1. The number of ether oxygens (including phenoxy) is 4. The fourth-order valence-corrected chi connectivity index (χ4v) is 3.55. The lowest BCUT2D eigenvalue weighted by atomic mass is 10.2. The van der Waals surface area contributed by atoms with Crippen LogP contribution in [0.1, 0.15) is 5.69 Å². The summed E-state index contributed by atoms with van der Waals surface area (Å²) in [5.74, 6) is -2.11. The van der Waals surface area contributed by atoms with Crippen molar-refractivity contribution in [3.8, 4) is 22.9 Å². The molecule has 0 aliphatic carbocycles. The second kappa shape index (κ2) is 11.6. The monoisotopic (exact) mass is 602 g/mol. The number of aromatic nitrogens is 2. The number of carbonyl (C=O) groups excluding carboxylic acids is 1. The van der Waals surface area contributed by atoms with Crippen molar-refractivity contribution in [2.45, 2.75) is 12.5 Å². The molecule has 0 N–H and O–H groups in total. The molecule has 0 saturated heterocycles. The van der Waals surface area contributed by atoms with Gasteiger partial charge in [-0.1, -0.05) is 24.8 Å². The van der Waals surface area contributed by atoms with Crippen LogP contribution >= 0.6 is 15.9 Å². The lowest BCUT2D eigenvalue weighted by molar-refractivity contribution is -0.172. The highest BCUT2D eigenvalue weighted by Crippen LogP contribution is 2.37. The van der Waals surface area contributed by atoms with Gasteiger partial charge in [0.05, 0.1) is 10.2 Å². The third-order valence-corrected chi connectivity index (χ3v) is 5.53. The molecule has 2 aromatic carbocycles. The summed E-state index contributed by atoms with van der Waals surface area (Å²) in [6.07, 6.45) is -5.12. The number of carbonyl (C=O) groups is 1. The zero-order chi connectivity index (χ0) is 28.2. The van der Waals surface area contributed by atoms with Crippen LogP contribution in [0, 0.1) is 5.82 Å². The molecule has 1 atom stereocenters. The minimum absolute atomic E-state index is 0.00278. The largest absolute Gasteiger partial charge is 0.457 e. The molecular formula is C24H19BrF4N2O7. The van der Waals surface area contributed by atoms with Crippen LogP contribution in [-0.4, -0.2) is 35.1 Å². The third-order valence-electron chi connectivity index (χ3n) is 4.91. The van der Waals surface area contributed by atoms with Crippen LogP contribution in [0.15, 0.2) is 69.2 Å². The van der Waals surface area contributed by atoms with Gasteiger partial charge in [0, 0.05) is 26.3 Å². The number of rotatable bonds is 9. The topological polar surface area (TPSA) is 98.0 Å². The van der Waals surface area contributed by atoms with Gasteiger partial charge in [0.25, 0.3) is 11.8 Å². The van der Waals surface area contributed by atoms with Gasteiger partial charge in [-0.05, 0) is 34.1 Å². The van der Waals surface area contributed by atoms with Crippen molar-refractivity contribution in [2.24, 2.45) is 7.05 Å². The second-order valence-corrected chi connectivity index (χ2v) is 8.28. The molecule has 38 heavy (non-hydrogen) atoms. The average Bonchev–Trinajstić information content (AvgIpc) is 2.86. The van der Waals surface area contributed by atoms with Gasteiger partial charge in [-0.15, -0.1) is 0 Å². The Labute approximate surface area is 220 Å². The van der Waals surface area contributed by atoms with E-state index in [0.717, 1.165) is 19.2 Å². The van der Waals surface area contributed by atoms with Crippen LogP contribution in [-0.2, 0) is 27.5 Å². The van der Waals surface area contributed by atoms with Crippen LogP contribution in [0.3, 0.4) is 0 Å². The van der Waals surface area contributed by atoms with E-state index >= 15 is 0 Å². The number of benzene rings is 2. The number of para-hydroxylation sites is 2.